The van der Waals surface area contributed by atoms with Crippen LogP contribution in [-0.4, -0.2) is 23.3 Å². The maximum Gasteiger partial charge on any atom is 0.480 e. The molecule has 1 aliphatic heterocycles. The Kier molecular flexibility index (Phi) is 3.21. The van der Waals surface area contributed by atoms with Crippen LogP contribution >= 0.6 is 0 Å². The van der Waals surface area contributed by atoms with Crippen LogP contribution in [0.2, 0.25) is 0 Å². The van der Waals surface area contributed by atoms with E-state index in [-0.39, 0.29) is 0 Å². The predicted molar refractivity (Wildman–Crippen MR) is 67.2 cm³/mol. The van der Waals surface area contributed by atoms with Crippen molar-refractivity contribution in [2.45, 2.75) is 44.8 Å². The van der Waals surface area contributed by atoms with E-state index in [1.807, 2.05) is 27.7 Å². The number of halogens is 1. The third-order valence-corrected chi connectivity index (χ3v) is 3.71. The standard InChI is InChI=1S/C12H18BFN2O2/c1-11(2)12(3,4)18-13(17-11)9(15)8-6-5-7-16-10(8)14/h5-7,9H,15H2,1-4H3/t9-/m1/s1. The second kappa shape index (κ2) is 4.29. The average Bonchev–Trinajstić information content (AvgIpc) is 2.48. The van der Waals surface area contributed by atoms with Crippen LogP contribution in [0.3, 0.4) is 0 Å². The Balaban J connectivity index is 2.23. The molecule has 18 heavy (non-hydrogen) atoms. The molecule has 0 spiro atoms. The van der Waals surface area contributed by atoms with Gasteiger partial charge in [0.15, 0.2) is 0 Å². The van der Waals surface area contributed by atoms with E-state index in [1.54, 1.807) is 12.1 Å². The zero-order valence-corrected chi connectivity index (χ0v) is 11.1. The summed E-state index contributed by atoms with van der Waals surface area (Å²) in [5.41, 5.74) is 5.36. The predicted octanol–water partition coefficient (Wildman–Crippen LogP) is 1.85. The maximum atomic E-state index is 13.6. The fraction of sp³-hybridized carbons (Fsp3) is 0.583. The first-order valence-corrected chi connectivity index (χ1v) is 5.96. The van der Waals surface area contributed by atoms with E-state index >= 15 is 0 Å². The van der Waals surface area contributed by atoms with E-state index in [2.05, 4.69) is 4.98 Å². The lowest BCUT2D eigenvalue weighted by Gasteiger charge is -2.32. The molecule has 1 aliphatic rings. The Hall–Kier alpha value is -0.975. The Morgan fingerprint density at radius 2 is 1.83 bits per heavy atom. The van der Waals surface area contributed by atoms with Crippen molar-refractivity contribution >= 4 is 7.12 Å². The Bertz CT molecular complexity index is 437. The topological polar surface area (TPSA) is 57.4 Å². The van der Waals surface area contributed by atoms with E-state index < -0.39 is 30.2 Å². The Morgan fingerprint density at radius 3 is 2.33 bits per heavy atom. The lowest BCUT2D eigenvalue weighted by Crippen LogP contribution is -2.41. The van der Waals surface area contributed by atoms with Gasteiger partial charge < -0.3 is 15.0 Å². The van der Waals surface area contributed by atoms with Crippen molar-refractivity contribution in [3.63, 3.8) is 0 Å². The molecule has 0 aliphatic carbocycles. The van der Waals surface area contributed by atoms with Gasteiger partial charge in [0.2, 0.25) is 5.95 Å². The summed E-state index contributed by atoms with van der Waals surface area (Å²) in [5, 5.41) is 0. The zero-order valence-electron chi connectivity index (χ0n) is 11.1. The minimum absolute atomic E-state index is 0.302. The summed E-state index contributed by atoms with van der Waals surface area (Å²) in [6.07, 6.45) is 1.38. The number of nitrogens with zero attached hydrogens (tertiary/aromatic N) is 1. The minimum atomic E-state index is -0.695. The van der Waals surface area contributed by atoms with Crippen molar-refractivity contribution in [1.29, 1.82) is 0 Å². The van der Waals surface area contributed by atoms with E-state index in [1.165, 1.54) is 6.20 Å². The fourth-order valence-corrected chi connectivity index (χ4v) is 1.83. The first-order chi connectivity index (χ1) is 8.24. The van der Waals surface area contributed by atoms with Gasteiger partial charge in [-0.2, -0.15) is 4.39 Å². The summed E-state index contributed by atoms with van der Waals surface area (Å²) in [4.78, 5) is 3.59. The normalized spacial score (nSPS) is 23.1. The second-order valence-electron chi connectivity index (χ2n) is 5.53. The molecule has 4 nitrogen and oxygen atoms in total. The van der Waals surface area contributed by atoms with Crippen molar-refractivity contribution in [3.8, 4) is 0 Å². The van der Waals surface area contributed by atoms with Crippen molar-refractivity contribution in [2.24, 2.45) is 5.73 Å². The third-order valence-electron chi connectivity index (χ3n) is 3.71. The molecule has 1 aromatic heterocycles. The number of rotatable bonds is 2. The van der Waals surface area contributed by atoms with Gasteiger partial charge in [-0.3, -0.25) is 0 Å². The number of pyridine rings is 1. The van der Waals surface area contributed by atoms with Crippen LogP contribution in [0.1, 0.15) is 39.2 Å². The SMILES string of the molecule is CC1(C)OB([C@H](N)c2cccnc2F)OC1(C)C. The number of hydrogen-bond acceptors (Lipinski definition) is 4. The van der Waals surface area contributed by atoms with Crippen LogP contribution in [0.25, 0.3) is 0 Å². The molecule has 0 aromatic carbocycles. The molecule has 98 valence electrons. The number of aromatic nitrogens is 1. The van der Waals surface area contributed by atoms with Crippen LogP contribution in [0.4, 0.5) is 4.39 Å². The van der Waals surface area contributed by atoms with Gasteiger partial charge in [0.25, 0.3) is 0 Å². The van der Waals surface area contributed by atoms with Crippen LogP contribution < -0.4 is 5.73 Å². The highest BCUT2D eigenvalue weighted by Crippen LogP contribution is 2.39. The van der Waals surface area contributed by atoms with Gasteiger partial charge in [0, 0.05) is 11.8 Å². The van der Waals surface area contributed by atoms with Crippen LogP contribution in [-0.2, 0) is 9.31 Å². The minimum Gasteiger partial charge on any atom is -0.402 e. The van der Waals surface area contributed by atoms with Gasteiger partial charge in [-0.25, -0.2) is 4.98 Å². The molecule has 2 rings (SSSR count). The molecule has 1 aromatic rings. The summed E-state index contributed by atoms with van der Waals surface area (Å²) in [5.74, 6) is -1.28. The van der Waals surface area contributed by atoms with Crippen LogP contribution in [0, 0.1) is 5.95 Å². The van der Waals surface area contributed by atoms with Crippen LogP contribution in [0.5, 0.6) is 0 Å². The van der Waals surface area contributed by atoms with Gasteiger partial charge in [0.1, 0.15) is 0 Å². The highest BCUT2D eigenvalue weighted by molar-refractivity contribution is 6.47. The van der Waals surface area contributed by atoms with E-state index in [4.69, 9.17) is 15.0 Å². The summed E-state index contributed by atoms with van der Waals surface area (Å²) in [6.45, 7) is 7.72. The molecule has 2 N–H and O–H groups in total. The largest absolute Gasteiger partial charge is 0.480 e. The maximum absolute atomic E-state index is 13.6. The summed E-state index contributed by atoms with van der Waals surface area (Å²) < 4.78 is 25.2. The smallest absolute Gasteiger partial charge is 0.402 e. The first-order valence-electron chi connectivity index (χ1n) is 5.96. The Morgan fingerprint density at radius 1 is 1.28 bits per heavy atom. The molecule has 0 radical (unpaired) electrons. The number of nitrogens with two attached hydrogens (primary N) is 1. The molecule has 2 heterocycles. The lowest BCUT2D eigenvalue weighted by molar-refractivity contribution is 0.00578. The molecule has 0 saturated carbocycles. The van der Waals surface area contributed by atoms with Gasteiger partial charge in [-0.15, -0.1) is 0 Å². The van der Waals surface area contributed by atoms with Crippen molar-refractivity contribution in [3.05, 3.63) is 29.8 Å². The first kappa shape index (κ1) is 13.5. The highest BCUT2D eigenvalue weighted by atomic mass is 19.1. The molecular formula is C12H18BFN2O2. The molecule has 1 fully saturated rings. The van der Waals surface area contributed by atoms with Gasteiger partial charge in [-0.1, -0.05) is 6.07 Å². The van der Waals surface area contributed by atoms with E-state index in [0.29, 0.717) is 5.56 Å². The average molecular weight is 252 g/mol. The molecule has 1 atom stereocenters. The second-order valence-corrected chi connectivity index (χ2v) is 5.53. The quantitative estimate of drug-likeness (QED) is 0.644. The summed E-state index contributed by atoms with van der Waals surface area (Å²) in [7, 11) is -0.673. The van der Waals surface area contributed by atoms with Gasteiger partial charge in [0.05, 0.1) is 17.1 Å². The van der Waals surface area contributed by atoms with Crippen LogP contribution in [0.15, 0.2) is 18.3 Å². The third kappa shape index (κ3) is 2.16. The molecule has 0 amide bonds. The molecule has 0 unspecified atom stereocenters. The molecular weight excluding hydrogens is 234 g/mol. The zero-order chi connectivity index (χ0) is 13.6. The van der Waals surface area contributed by atoms with E-state index in [9.17, 15) is 4.39 Å². The monoisotopic (exact) mass is 252 g/mol. The fourth-order valence-electron chi connectivity index (χ4n) is 1.83. The van der Waals surface area contributed by atoms with Crippen molar-refractivity contribution < 1.29 is 13.7 Å². The number of hydrogen-bond donors (Lipinski definition) is 1. The molecule has 6 heteroatoms. The highest BCUT2D eigenvalue weighted by Gasteiger charge is 2.53. The van der Waals surface area contributed by atoms with E-state index in [0.717, 1.165) is 0 Å². The van der Waals surface area contributed by atoms with Gasteiger partial charge in [-0.05, 0) is 33.8 Å². The van der Waals surface area contributed by atoms with Crippen molar-refractivity contribution in [2.75, 3.05) is 0 Å². The molecule has 0 bridgehead atoms. The lowest BCUT2D eigenvalue weighted by atomic mass is 9.75. The van der Waals surface area contributed by atoms with Crippen molar-refractivity contribution in [1.82, 2.24) is 4.98 Å². The summed E-state index contributed by atoms with van der Waals surface area (Å²) >= 11 is 0. The molecule has 1 saturated heterocycles. The summed E-state index contributed by atoms with van der Waals surface area (Å²) in [6, 6.07) is 3.24. The van der Waals surface area contributed by atoms with Gasteiger partial charge >= 0.3 is 7.12 Å². The Labute approximate surface area is 107 Å².